The summed E-state index contributed by atoms with van der Waals surface area (Å²) in [5.41, 5.74) is -0.957. The largest absolute Gasteiger partial charge is 0.496 e. The zero-order chi connectivity index (χ0) is 19.6. The van der Waals surface area contributed by atoms with Crippen LogP contribution in [0.1, 0.15) is 31.8 Å². The van der Waals surface area contributed by atoms with Crippen LogP contribution in [-0.2, 0) is 11.1 Å². The first-order valence-electron chi connectivity index (χ1n) is 8.18. The highest BCUT2D eigenvalue weighted by atomic mass is 79.9. The van der Waals surface area contributed by atoms with Crippen molar-refractivity contribution in [2.75, 3.05) is 20.7 Å². The molecule has 0 bridgehead atoms. The van der Waals surface area contributed by atoms with Gasteiger partial charge in [-0.2, -0.15) is 0 Å². The van der Waals surface area contributed by atoms with E-state index < -0.39 is 24.6 Å². The molecule has 0 saturated carbocycles. The van der Waals surface area contributed by atoms with E-state index in [9.17, 15) is 4.79 Å². The van der Waals surface area contributed by atoms with Crippen LogP contribution in [0.4, 0.5) is 4.79 Å². The molecular weight excluding hydrogens is 338 g/mol. The quantitative estimate of drug-likeness (QED) is 0.869. The first-order chi connectivity index (χ1) is 11.2. The molecule has 0 spiro atoms. The van der Waals surface area contributed by atoms with Gasteiger partial charge in [0.15, 0.2) is 0 Å². The van der Waals surface area contributed by atoms with Gasteiger partial charge >= 0.3 is 6.09 Å². The van der Waals surface area contributed by atoms with Gasteiger partial charge in [-0.3, -0.25) is 0 Å². The average molecular weight is 364 g/mol. The summed E-state index contributed by atoms with van der Waals surface area (Å²) in [6.07, 6.45) is -3.70. The molecule has 1 rings (SSSR count). The van der Waals surface area contributed by atoms with Crippen molar-refractivity contribution in [3.05, 3.63) is 22.2 Å². The molecule has 0 radical (unpaired) electrons. The Bertz CT molecular complexity index is 647. The summed E-state index contributed by atoms with van der Waals surface area (Å²) >= 11 is 3.26. The highest BCUT2D eigenvalue weighted by molar-refractivity contribution is 9.10. The first kappa shape index (κ1) is 12.1. The summed E-state index contributed by atoms with van der Waals surface area (Å²) in [5, 5.41) is 1.94. The van der Waals surface area contributed by atoms with Crippen LogP contribution in [0, 0.1) is 0 Å². The smallest absolute Gasteiger partial charge is 0.407 e. The van der Waals surface area contributed by atoms with Crippen molar-refractivity contribution in [2.45, 2.75) is 32.7 Å². The number of amides is 1. The lowest BCUT2D eigenvalue weighted by molar-refractivity contribution is 0.0528. The van der Waals surface area contributed by atoms with Gasteiger partial charge in [0.1, 0.15) is 17.1 Å². The highest BCUT2D eigenvalue weighted by Gasteiger charge is 2.16. The minimum Gasteiger partial charge on any atom is -0.496 e. The summed E-state index contributed by atoms with van der Waals surface area (Å²) in [5.74, 6) is 0.403. The van der Waals surface area contributed by atoms with Crippen molar-refractivity contribution >= 4 is 22.0 Å². The predicted octanol–water partition coefficient (Wildman–Crippen LogP) is 3.53. The lowest BCUT2D eigenvalue weighted by Crippen LogP contribution is -2.33. The minimum atomic E-state index is -2.78. The van der Waals surface area contributed by atoms with Crippen LogP contribution in [0.25, 0.3) is 0 Å². The third kappa shape index (κ3) is 5.83. The van der Waals surface area contributed by atoms with Crippen LogP contribution in [0.5, 0.6) is 11.5 Å². The SMILES string of the molecule is [2H]C([2H])(NC(=O)OC(C)(C)C)C([2H])([2H])c1cc(OC)c(Br)cc1OC. The second kappa shape index (κ2) is 7.54. The average Bonchev–Trinajstić information content (AvgIpc) is 2.43. The molecule has 0 aliphatic rings. The van der Waals surface area contributed by atoms with Crippen LogP contribution in [0.3, 0.4) is 0 Å². The molecule has 1 aromatic rings. The maximum Gasteiger partial charge on any atom is 0.407 e. The Hall–Kier alpha value is -1.43. The third-order valence-electron chi connectivity index (χ3n) is 2.23. The van der Waals surface area contributed by atoms with Crippen LogP contribution in [-0.4, -0.2) is 32.4 Å². The molecule has 1 N–H and O–H groups in total. The number of nitrogens with one attached hydrogen (secondary N) is 1. The lowest BCUT2D eigenvalue weighted by atomic mass is 10.1. The van der Waals surface area contributed by atoms with Crippen molar-refractivity contribution in [3.63, 3.8) is 0 Å². The van der Waals surface area contributed by atoms with E-state index in [0.29, 0.717) is 10.2 Å². The zero-order valence-corrected chi connectivity index (χ0v) is 14.3. The van der Waals surface area contributed by atoms with Crippen molar-refractivity contribution in [1.82, 2.24) is 5.32 Å². The van der Waals surface area contributed by atoms with Crippen molar-refractivity contribution < 1.29 is 24.5 Å². The van der Waals surface area contributed by atoms with E-state index in [4.69, 9.17) is 19.7 Å². The van der Waals surface area contributed by atoms with Gasteiger partial charge in [-0.25, -0.2) is 4.79 Å². The number of hydrogen-bond donors (Lipinski definition) is 1. The Kier molecular flexibility index (Phi) is 4.36. The van der Waals surface area contributed by atoms with Gasteiger partial charge in [0.2, 0.25) is 0 Å². The van der Waals surface area contributed by atoms with E-state index >= 15 is 0 Å². The summed E-state index contributed by atoms with van der Waals surface area (Å²) in [6, 6.07) is 2.78. The number of benzene rings is 1. The van der Waals surface area contributed by atoms with Crippen molar-refractivity contribution in [1.29, 1.82) is 0 Å². The molecule has 0 atom stereocenters. The lowest BCUT2D eigenvalue weighted by Gasteiger charge is -2.19. The van der Waals surface area contributed by atoms with E-state index in [2.05, 4.69) is 15.9 Å². The van der Waals surface area contributed by atoms with Gasteiger partial charge < -0.3 is 19.5 Å². The number of carbonyl (C=O) groups excluding carboxylic acids is 1. The number of alkyl carbamates (subject to hydrolysis) is 1. The molecule has 0 fully saturated rings. The predicted molar refractivity (Wildman–Crippen MR) is 85.2 cm³/mol. The number of halogens is 1. The van der Waals surface area contributed by atoms with Gasteiger partial charge in [0.25, 0.3) is 0 Å². The van der Waals surface area contributed by atoms with E-state index in [-0.39, 0.29) is 11.3 Å². The maximum absolute atomic E-state index is 11.9. The molecule has 1 amide bonds. The highest BCUT2D eigenvalue weighted by Crippen LogP contribution is 2.32. The Labute approximate surface area is 139 Å². The molecule has 1 aromatic carbocycles. The number of methoxy groups -OCH3 is 2. The molecular formula is C15H22BrNO4. The first-order valence-corrected chi connectivity index (χ1v) is 6.97. The number of aryl methyl sites for hydroxylation is 1. The Balaban J connectivity index is 3.27. The summed E-state index contributed by atoms with van der Waals surface area (Å²) in [7, 11) is 2.74. The number of ether oxygens (including phenoxy) is 3. The maximum atomic E-state index is 11.9. The Morgan fingerprint density at radius 2 is 1.90 bits per heavy atom. The summed E-state index contributed by atoms with van der Waals surface area (Å²) < 4.78 is 48.4. The van der Waals surface area contributed by atoms with Gasteiger partial charge in [-0.1, -0.05) is 0 Å². The molecule has 0 aromatic heterocycles. The second-order valence-electron chi connectivity index (χ2n) is 5.06. The molecule has 0 heterocycles. The Morgan fingerprint density at radius 3 is 2.43 bits per heavy atom. The molecule has 0 unspecified atom stereocenters. The zero-order valence-electron chi connectivity index (χ0n) is 16.7. The molecule has 21 heavy (non-hydrogen) atoms. The molecule has 5 nitrogen and oxygen atoms in total. The van der Waals surface area contributed by atoms with E-state index in [1.165, 1.54) is 26.4 Å². The topological polar surface area (TPSA) is 56.8 Å². The summed E-state index contributed by atoms with van der Waals surface area (Å²) in [6.45, 7) is 2.10. The molecule has 0 aliphatic carbocycles. The number of carbonyl (C=O) groups is 1. The van der Waals surface area contributed by atoms with Gasteiger partial charge in [-0.15, -0.1) is 0 Å². The van der Waals surface area contributed by atoms with Crippen molar-refractivity contribution in [2.24, 2.45) is 0 Å². The monoisotopic (exact) mass is 363 g/mol. The third-order valence-corrected chi connectivity index (χ3v) is 2.85. The fourth-order valence-electron chi connectivity index (χ4n) is 1.41. The van der Waals surface area contributed by atoms with E-state index in [1.807, 2.05) is 5.32 Å². The van der Waals surface area contributed by atoms with E-state index in [0.717, 1.165) is 0 Å². The Morgan fingerprint density at radius 1 is 1.29 bits per heavy atom. The van der Waals surface area contributed by atoms with Gasteiger partial charge in [0.05, 0.1) is 18.7 Å². The van der Waals surface area contributed by atoms with Crippen LogP contribution >= 0.6 is 15.9 Å². The molecule has 0 saturated heterocycles. The molecule has 118 valence electrons. The fourth-order valence-corrected chi connectivity index (χ4v) is 1.90. The van der Waals surface area contributed by atoms with Gasteiger partial charge in [-0.05, 0) is 60.8 Å². The van der Waals surface area contributed by atoms with Crippen LogP contribution in [0.15, 0.2) is 16.6 Å². The van der Waals surface area contributed by atoms with Crippen LogP contribution in [0.2, 0.25) is 0 Å². The minimum absolute atomic E-state index is 0.104. The molecule has 6 heteroatoms. The fraction of sp³-hybridized carbons (Fsp3) is 0.533. The van der Waals surface area contributed by atoms with Crippen LogP contribution < -0.4 is 14.8 Å². The number of hydrogen-bond acceptors (Lipinski definition) is 4. The normalized spacial score (nSPS) is 15.1. The second-order valence-corrected chi connectivity index (χ2v) is 5.92. The summed E-state index contributed by atoms with van der Waals surface area (Å²) in [4.78, 5) is 11.9. The number of rotatable bonds is 5. The van der Waals surface area contributed by atoms with Crippen molar-refractivity contribution in [3.8, 4) is 11.5 Å². The van der Waals surface area contributed by atoms with E-state index in [1.54, 1.807) is 20.8 Å². The molecule has 0 aliphatic heterocycles. The standard InChI is InChI=1S/C15H22BrNO4/c1-15(2,3)21-14(18)17-7-6-10-8-13(20-5)11(16)9-12(10)19-4/h8-9H,6-7H2,1-5H3,(H,17,18)/i6D2,7D2. The van der Waals surface area contributed by atoms with Gasteiger partial charge in [0, 0.05) is 12.0 Å².